The van der Waals surface area contributed by atoms with Gasteiger partial charge in [0.1, 0.15) is 12.1 Å². The molecule has 0 aliphatic carbocycles. The van der Waals surface area contributed by atoms with E-state index in [4.69, 9.17) is 15.2 Å². The topological polar surface area (TPSA) is 61.5 Å². The van der Waals surface area contributed by atoms with Crippen LogP contribution in [0.3, 0.4) is 0 Å². The van der Waals surface area contributed by atoms with Crippen molar-refractivity contribution in [2.45, 2.75) is 59.8 Å². The number of nitrogens with two attached hydrogens (primary N) is 1. The molecule has 0 unspecified atom stereocenters. The van der Waals surface area contributed by atoms with Crippen LogP contribution in [0.5, 0.6) is 0 Å². The van der Waals surface area contributed by atoms with Gasteiger partial charge in [0.05, 0.1) is 6.10 Å². The molecule has 0 amide bonds. The Labute approximate surface area is 105 Å². The minimum Gasteiger partial charge on any atom is -0.458 e. The molecule has 0 aromatic heterocycles. The van der Waals surface area contributed by atoms with Crippen LogP contribution in [0.1, 0.15) is 41.5 Å². The second kappa shape index (κ2) is 7.67. The van der Waals surface area contributed by atoms with Gasteiger partial charge in [-0.25, -0.2) is 0 Å². The minimum atomic E-state index is -0.589. The van der Waals surface area contributed by atoms with Gasteiger partial charge < -0.3 is 15.2 Å². The van der Waals surface area contributed by atoms with Crippen molar-refractivity contribution in [1.29, 1.82) is 0 Å². The van der Waals surface area contributed by atoms with Gasteiger partial charge in [-0.1, -0.05) is 27.7 Å². The van der Waals surface area contributed by atoms with Crippen molar-refractivity contribution in [3.8, 4) is 0 Å². The average Bonchev–Trinajstić information content (AvgIpc) is 2.21. The highest BCUT2D eigenvalue weighted by molar-refractivity contribution is 5.75. The number of esters is 1. The van der Waals surface area contributed by atoms with E-state index in [2.05, 4.69) is 13.8 Å². The van der Waals surface area contributed by atoms with Gasteiger partial charge in [-0.3, -0.25) is 4.79 Å². The lowest BCUT2D eigenvalue weighted by Gasteiger charge is -2.28. The average molecular weight is 245 g/mol. The van der Waals surface area contributed by atoms with Crippen molar-refractivity contribution in [2.75, 3.05) is 6.61 Å². The SMILES string of the molecule is CC(C)CO[C@@H](C)[C@H](OC(=O)[C@H](C)N)C(C)C. The van der Waals surface area contributed by atoms with Crippen LogP contribution < -0.4 is 5.73 Å². The Kier molecular flexibility index (Phi) is 7.39. The first kappa shape index (κ1) is 16.4. The van der Waals surface area contributed by atoms with Crippen molar-refractivity contribution < 1.29 is 14.3 Å². The van der Waals surface area contributed by atoms with Gasteiger partial charge >= 0.3 is 5.97 Å². The van der Waals surface area contributed by atoms with E-state index in [-0.39, 0.29) is 24.1 Å². The summed E-state index contributed by atoms with van der Waals surface area (Å²) in [5, 5.41) is 0. The Bertz CT molecular complexity index is 227. The third-order valence-corrected chi connectivity index (χ3v) is 2.44. The molecule has 4 heteroatoms. The zero-order valence-corrected chi connectivity index (χ0v) is 11.9. The molecule has 102 valence electrons. The number of carbonyl (C=O) groups excluding carboxylic acids is 1. The molecule has 2 N–H and O–H groups in total. The van der Waals surface area contributed by atoms with Gasteiger partial charge in [-0.2, -0.15) is 0 Å². The fourth-order valence-electron chi connectivity index (χ4n) is 1.45. The number of hydrogen-bond acceptors (Lipinski definition) is 4. The number of carbonyl (C=O) groups is 1. The highest BCUT2D eigenvalue weighted by Gasteiger charge is 2.26. The predicted molar refractivity (Wildman–Crippen MR) is 68.6 cm³/mol. The zero-order chi connectivity index (χ0) is 13.6. The zero-order valence-electron chi connectivity index (χ0n) is 11.9. The van der Waals surface area contributed by atoms with Gasteiger partial charge in [0.25, 0.3) is 0 Å². The first-order valence-electron chi connectivity index (χ1n) is 6.33. The van der Waals surface area contributed by atoms with Gasteiger partial charge in [0.15, 0.2) is 0 Å². The van der Waals surface area contributed by atoms with Gasteiger partial charge in [0.2, 0.25) is 0 Å². The lowest BCUT2D eigenvalue weighted by atomic mass is 10.0. The summed E-state index contributed by atoms with van der Waals surface area (Å²) in [5.41, 5.74) is 5.49. The van der Waals surface area contributed by atoms with E-state index in [0.29, 0.717) is 12.5 Å². The molecule has 0 radical (unpaired) electrons. The summed E-state index contributed by atoms with van der Waals surface area (Å²) < 4.78 is 11.1. The van der Waals surface area contributed by atoms with E-state index < -0.39 is 6.04 Å². The molecule has 0 fully saturated rings. The standard InChI is InChI=1S/C13H27NO3/c1-8(2)7-16-11(6)12(9(3)4)17-13(15)10(5)14/h8-12H,7,14H2,1-6H3/t10-,11-,12+/m0/s1. The van der Waals surface area contributed by atoms with Gasteiger partial charge in [0, 0.05) is 6.61 Å². The summed E-state index contributed by atoms with van der Waals surface area (Å²) in [7, 11) is 0. The predicted octanol–water partition coefficient (Wildman–Crippen LogP) is 1.96. The number of rotatable bonds is 7. The molecule has 0 bridgehead atoms. The summed E-state index contributed by atoms with van der Waals surface area (Å²) >= 11 is 0. The molecule has 4 nitrogen and oxygen atoms in total. The van der Waals surface area contributed by atoms with Crippen LogP contribution in [-0.2, 0) is 14.3 Å². The maximum atomic E-state index is 11.5. The Morgan fingerprint density at radius 1 is 1.12 bits per heavy atom. The van der Waals surface area contributed by atoms with Crippen LogP contribution in [0, 0.1) is 11.8 Å². The quantitative estimate of drug-likeness (QED) is 0.696. The summed E-state index contributed by atoms with van der Waals surface area (Å²) in [6.07, 6.45) is -0.354. The minimum absolute atomic E-state index is 0.111. The van der Waals surface area contributed by atoms with Crippen LogP contribution in [0.25, 0.3) is 0 Å². The first-order valence-corrected chi connectivity index (χ1v) is 6.33. The van der Waals surface area contributed by atoms with E-state index >= 15 is 0 Å². The first-order chi connectivity index (χ1) is 7.75. The monoisotopic (exact) mass is 245 g/mol. The van der Waals surface area contributed by atoms with E-state index in [0.717, 1.165) is 0 Å². The maximum Gasteiger partial charge on any atom is 0.322 e. The van der Waals surface area contributed by atoms with Crippen molar-refractivity contribution in [3.05, 3.63) is 0 Å². The van der Waals surface area contributed by atoms with Crippen molar-refractivity contribution >= 4 is 5.97 Å². The van der Waals surface area contributed by atoms with E-state index in [1.165, 1.54) is 0 Å². The molecule has 0 aromatic carbocycles. The van der Waals surface area contributed by atoms with E-state index in [9.17, 15) is 4.79 Å². The summed E-state index contributed by atoms with van der Waals surface area (Å²) in [6, 6.07) is -0.589. The number of ether oxygens (including phenoxy) is 2. The lowest BCUT2D eigenvalue weighted by Crippen LogP contribution is -2.40. The Balaban J connectivity index is 4.36. The lowest BCUT2D eigenvalue weighted by molar-refractivity contribution is -0.162. The second-order valence-electron chi connectivity index (χ2n) is 5.37. The van der Waals surface area contributed by atoms with Crippen LogP contribution in [-0.4, -0.2) is 30.8 Å². The van der Waals surface area contributed by atoms with Gasteiger partial charge in [-0.15, -0.1) is 0 Å². The molecule has 0 saturated carbocycles. The van der Waals surface area contributed by atoms with Gasteiger partial charge in [-0.05, 0) is 25.7 Å². The molecular weight excluding hydrogens is 218 g/mol. The molecule has 3 atom stereocenters. The third kappa shape index (κ3) is 6.64. The number of hydrogen-bond donors (Lipinski definition) is 1. The Morgan fingerprint density at radius 3 is 2.00 bits per heavy atom. The summed E-state index contributed by atoms with van der Waals surface area (Å²) in [6.45, 7) is 12.4. The molecule has 0 rings (SSSR count). The largest absolute Gasteiger partial charge is 0.458 e. The molecule has 0 aliphatic rings. The van der Waals surface area contributed by atoms with E-state index in [1.807, 2.05) is 20.8 Å². The van der Waals surface area contributed by atoms with Crippen LogP contribution in [0.15, 0.2) is 0 Å². The molecule has 0 aliphatic heterocycles. The fourth-order valence-corrected chi connectivity index (χ4v) is 1.45. The van der Waals surface area contributed by atoms with Crippen LogP contribution in [0.4, 0.5) is 0 Å². The molecule has 0 heterocycles. The maximum absolute atomic E-state index is 11.5. The van der Waals surface area contributed by atoms with Crippen molar-refractivity contribution in [2.24, 2.45) is 17.6 Å². The highest BCUT2D eigenvalue weighted by Crippen LogP contribution is 2.15. The molecule has 0 spiro atoms. The summed E-state index contributed by atoms with van der Waals surface area (Å²) in [5.74, 6) is 0.304. The van der Waals surface area contributed by atoms with Crippen molar-refractivity contribution in [3.63, 3.8) is 0 Å². The normalized spacial score (nSPS) is 17.0. The van der Waals surface area contributed by atoms with E-state index in [1.54, 1.807) is 6.92 Å². The second-order valence-corrected chi connectivity index (χ2v) is 5.37. The highest BCUT2D eigenvalue weighted by atomic mass is 16.6. The Morgan fingerprint density at radius 2 is 1.65 bits per heavy atom. The molecule has 0 aromatic rings. The van der Waals surface area contributed by atoms with Crippen molar-refractivity contribution in [1.82, 2.24) is 0 Å². The Hall–Kier alpha value is -0.610. The molecule has 17 heavy (non-hydrogen) atoms. The van der Waals surface area contributed by atoms with Crippen LogP contribution in [0.2, 0.25) is 0 Å². The smallest absolute Gasteiger partial charge is 0.322 e. The molecular formula is C13H27NO3. The fraction of sp³-hybridized carbons (Fsp3) is 0.923. The third-order valence-electron chi connectivity index (χ3n) is 2.44. The summed E-state index contributed by atoms with van der Waals surface area (Å²) in [4.78, 5) is 11.5. The molecule has 0 saturated heterocycles. The van der Waals surface area contributed by atoms with Crippen LogP contribution >= 0.6 is 0 Å².